The van der Waals surface area contributed by atoms with Crippen LogP contribution < -0.4 is 5.73 Å². The van der Waals surface area contributed by atoms with Crippen molar-refractivity contribution in [3.05, 3.63) is 0 Å². The van der Waals surface area contributed by atoms with Gasteiger partial charge in [0.2, 0.25) is 0 Å². The van der Waals surface area contributed by atoms with Crippen molar-refractivity contribution in [3.63, 3.8) is 0 Å². The van der Waals surface area contributed by atoms with E-state index in [-0.39, 0.29) is 0 Å². The highest BCUT2D eigenvalue weighted by Gasteiger charge is 2.37. The van der Waals surface area contributed by atoms with Gasteiger partial charge in [-0.1, -0.05) is 6.92 Å². The van der Waals surface area contributed by atoms with Gasteiger partial charge in [0.15, 0.2) is 0 Å². The Kier molecular flexibility index (Phi) is 1.90. The second-order valence-electron chi connectivity index (χ2n) is 4.00. The number of fused-ring (bicyclic) bond motifs is 3. The Morgan fingerprint density at radius 2 is 2.27 bits per heavy atom. The van der Waals surface area contributed by atoms with Crippen molar-refractivity contribution in [2.75, 3.05) is 13.1 Å². The van der Waals surface area contributed by atoms with Gasteiger partial charge in [0.25, 0.3) is 0 Å². The summed E-state index contributed by atoms with van der Waals surface area (Å²) < 4.78 is 0. The smallest absolute Gasteiger partial charge is 0.0247 e. The minimum Gasteiger partial charge on any atom is -0.326 e. The van der Waals surface area contributed by atoms with E-state index in [0.717, 1.165) is 5.92 Å². The molecule has 3 aliphatic rings. The molecule has 2 bridgehead atoms. The lowest BCUT2D eigenvalue weighted by Crippen LogP contribution is -2.58. The summed E-state index contributed by atoms with van der Waals surface area (Å²) in [6.07, 6.45) is 4.05. The molecule has 0 aromatic carbocycles. The molecule has 11 heavy (non-hydrogen) atoms. The first kappa shape index (κ1) is 7.56. The molecule has 2 heterocycles. The fourth-order valence-electron chi connectivity index (χ4n) is 2.73. The lowest BCUT2D eigenvalue weighted by molar-refractivity contribution is 0.0368. The molecule has 2 heteroatoms. The van der Waals surface area contributed by atoms with E-state index in [1.54, 1.807) is 0 Å². The van der Waals surface area contributed by atoms with Gasteiger partial charge in [-0.05, 0) is 31.7 Å². The maximum absolute atomic E-state index is 6.04. The topological polar surface area (TPSA) is 29.3 Å². The summed E-state index contributed by atoms with van der Waals surface area (Å²) in [7, 11) is 0. The predicted molar refractivity (Wildman–Crippen MR) is 46.4 cm³/mol. The van der Waals surface area contributed by atoms with Crippen LogP contribution in [0.2, 0.25) is 0 Å². The third kappa shape index (κ3) is 1.18. The van der Waals surface area contributed by atoms with Crippen molar-refractivity contribution < 1.29 is 0 Å². The van der Waals surface area contributed by atoms with Gasteiger partial charge in [0, 0.05) is 18.6 Å². The van der Waals surface area contributed by atoms with Crippen LogP contribution in [0.4, 0.5) is 0 Å². The van der Waals surface area contributed by atoms with Crippen LogP contribution in [0.15, 0.2) is 0 Å². The Balaban J connectivity index is 2.07. The van der Waals surface area contributed by atoms with Crippen LogP contribution in [0.5, 0.6) is 0 Å². The van der Waals surface area contributed by atoms with Crippen molar-refractivity contribution in [1.82, 2.24) is 4.90 Å². The van der Waals surface area contributed by atoms with Gasteiger partial charge in [-0.2, -0.15) is 0 Å². The zero-order chi connectivity index (χ0) is 7.84. The van der Waals surface area contributed by atoms with Crippen LogP contribution in [0.25, 0.3) is 0 Å². The lowest BCUT2D eigenvalue weighted by Gasteiger charge is -2.48. The SMILES string of the molecule is CCN1CC2CC[C@H]1[C@H](N)C2. The van der Waals surface area contributed by atoms with E-state index in [0.29, 0.717) is 12.1 Å². The highest BCUT2D eigenvalue weighted by Crippen LogP contribution is 2.33. The van der Waals surface area contributed by atoms with Crippen LogP contribution >= 0.6 is 0 Å². The van der Waals surface area contributed by atoms with Gasteiger partial charge in [0.1, 0.15) is 0 Å². The number of hydrogen-bond acceptors (Lipinski definition) is 2. The number of nitrogens with zero attached hydrogens (tertiary/aromatic N) is 1. The predicted octanol–water partition coefficient (Wildman–Crippen LogP) is 0.818. The van der Waals surface area contributed by atoms with E-state index in [4.69, 9.17) is 5.73 Å². The minimum absolute atomic E-state index is 0.474. The molecule has 0 aromatic rings. The second-order valence-corrected chi connectivity index (χ2v) is 4.00. The number of rotatable bonds is 1. The lowest BCUT2D eigenvalue weighted by atomic mass is 9.77. The number of hydrogen-bond donors (Lipinski definition) is 1. The van der Waals surface area contributed by atoms with Crippen molar-refractivity contribution in [2.24, 2.45) is 11.7 Å². The van der Waals surface area contributed by atoms with Crippen LogP contribution in [0, 0.1) is 5.92 Å². The van der Waals surface area contributed by atoms with Crippen molar-refractivity contribution in [3.8, 4) is 0 Å². The monoisotopic (exact) mass is 154 g/mol. The molecule has 0 spiro atoms. The molecule has 1 saturated carbocycles. The first-order valence-electron chi connectivity index (χ1n) is 4.81. The Morgan fingerprint density at radius 3 is 2.73 bits per heavy atom. The number of nitrogens with two attached hydrogens (primary N) is 1. The van der Waals surface area contributed by atoms with Crippen LogP contribution in [-0.4, -0.2) is 30.1 Å². The molecule has 3 fully saturated rings. The third-order valence-electron chi connectivity index (χ3n) is 3.34. The molecule has 0 amide bonds. The molecule has 0 radical (unpaired) electrons. The zero-order valence-corrected chi connectivity index (χ0v) is 7.29. The zero-order valence-electron chi connectivity index (χ0n) is 7.29. The largest absolute Gasteiger partial charge is 0.326 e. The molecule has 3 atom stereocenters. The van der Waals surface area contributed by atoms with E-state index in [1.165, 1.54) is 32.4 Å². The molecule has 2 nitrogen and oxygen atoms in total. The summed E-state index contributed by atoms with van der Waals surface area (Å²) in [5.41, 5.74) is 6.04. The Hall–Kier alpha value is -0.0800. The molecule has 1 aliphatic carbocycles. The fraction of sp³-hybridized carbons (Fsp3) is 1.00. The fourth-order valence-corrected chi connectivity index (χ4v) is 2.73. The maximum Gasteiger partial charge on any atom is 0.0247 e. The van der Waals surface area contributed by atoms with E-state index >= 15 is 0 Å². The molecule has 3 rings (SSSR count). The second kappa shape index (κ2) is 2.76. The third-order valence-corrected chi connectivity index (χ3v) is 3.34. The summed E-state index contributed by atoms with van der Waals surface area (Å²) in [4.78, 5) is 2.56. The summed E-state index contributed by atoms with van der Waals surface area (Å²) in [6.45, 7) is 4.75. The summed E-state index contributed by atoms with van der Waals surface area (Å²) in [6, 6.07) is 1.19. The Morgan fingerprint density at radius 1 is 1.45 bits per heavy atom. The molecule has 2 saturated heterocycles. The molecular formula is C9H18N2. The molecular weight excluding hydrogens is 136 g/mol. The molecule has 2 N–H and O–H groups in total. The standard InChI is InChI=1S/C9H18N2/c1-2-11-6-7-3-4-9(11)8(10)5-7/h7-9H,2-6,10H2,1H3/t7?,8-,9+/m1/s1. The van der Waals surface area contributed by atoms with Crippen LogP contribution in [0.1, 0.15) is 26.2 Å². The quantitative estimate of drug-likeness (QED) is 0.606. The summed E-state index contributed by atoms with van der Waals surface area (Å²) in [5, 5.41) is 0. The molecule has 1 unspecified atom stereocenters. The van der Waals surface area contributed by atoms with Gasteiger partial charge in [-0.25, -0.2) is 0 Å². The normalized spacial score (nSPS) is 44.7. The maximum atomic E-state index is 6.04. The van der Waals surface area contributed by atoms with E-state index < -0.39 is 0 Å². The highest BCUT2D eigenvalue weighted by atomic mass is 15.2. The minimum atomic E-state index is 0.474. The van der Waals surface area contributed by atoms with Crippen LogP contribution in [-0.2, 0) is 0 Å². The van der Waals surface area contributed by atoms with E-state index in [1.807, 2.05) is 0 Å². The average Bonchev–Trinajstić information content (AvgIpc) is 2.04. The van der Waals surface area contributed by atoms with Gasteiger partial charge in [-0.3, -0.25) is 4.90 Å². The summed E-state index contributed by atoms with van der Waals surface area (Å²) in [5.74, 6) is 0.912. The van der Waals surface area contributed by atoms with Gasteiger partial charge >= 0.3 is 0 Å². The van der Waals surface area contributed by atoms with E-state index in [9.17, 15) is 0 Å². The molecule has 64 valence electrons. The molecule has 0 aromatic heterocycles. The number of piperidine rings is 2. The van der Waals surface area contributed by atoms with Gasteiger partial charge in [-0.15, -0.1) is 0 Å². The van der Waals surface area contributed by atoms with Crippen LogP contribution in [0.3, 0.4) is 0 Å². The number of likely N-dealkylation sites (N-methyl/N-ethyl adjacent to an activating group) is 1. The first-order chi connectivity index (χ1) is 5.31. The summed E-state index contributed by atoms with van der Waals surface area (Å²) >= 11 is 0. The van der Waals surface area contributed by atoms with E-state index in [2.05, 4.69) is 11.8 Å². The first-order valence-corrected chi connectivity index (χ1v) is 4.81. The Bertz CT molecular complexity index is 146. The highest BCUT2D eigenvalue weighted by molar-refractivity contribution is 4.95. The molecule has 2 aliphatic heterocycles. The van der Waals surface area contributed by atoms with Crippen molar-refractivity contribution in [2.45, 2.75) is 38.3 Å². The van der Waals surface area contributed by atoms with Gasteiger partial charge < -0.3 is 5.73 Å². The van der Waals surface area contributed by atoms with Crippen molar-refractivity contribution >= 4 is 0 Å². The van der Waals surface area contributed by atoms with Crippen molar-refractivity contribution in [1.29, 1.82) is 0 Å². The Labute approximate surface area is 68.7 Å². The van der Waals surface area contributed by atoms with Gasteiger partial charge in [0.05, 0.1) is 0 Å². The average molecular weight is 154 g/mol.